The van der Waals surface area contributed by atoms with E-state index in [1.54, 1.807) is 6.08 Å². The summed E-state index contributed by atoms with van der Waals surface area (Å²) >= 11 is 0. The Morgan fingerprint density at radius 2 is 1.90 bits per heavy atom. The minimum Gasteiger partial charge on any atom is -0.396 e. The molecule has 0 fully saturated rings. The van der Waals surface area contributed by atoms with Crippen molar-refractivity contribution < 1.29 is 98.3 Å². The molecular weight excluding hydrogens is 558 g/mol. The van der Waals surface area contributed by atoms with Crippen molar-refractivity contribution in [2.45, 2.75) is 12.5 Å². The standard InChI is InChI=1S/C6H10O2.2Ac/c7-4-5-1-2-6(8)3-5;;/h1-2,5-8H,3-4H2;;. The van der Waals surface area contributed by atoms with E-state index < -0.39 is 0 Å². The van der Waals surface area contributed by atoms with Gasteiger partial charge in [-0.25, -0.2) is 0 Å². The average Bonchev–Trinajstić information content (AvgIpc) is 2.14. The van der Waals surface area contributed by atoms with Gasteiger partial charge in [-0.1, -0.05) is 12.2 Å². The van der Waals surface area contributed by atoms with Gasteiger partial charge >= 0.3 is 0 Å². The smallest absolute Gasteiger partial charge is 0.0727 e. The van der Waals surface area contributed by atoms with E-state index in [4.69, 9.17) is 10.2 Å². The van der Waals surface area contributed by atoms with E-state index in [1.165, 1.54) is 0 Å². The molecule has 0 saturated carbocycles. The molecule has 2 N–H and O–H groups in total. The summed E-state index contributed by atoms with van der Waals surface area (Å²) in [7, 11) is 0. The van der Waals surface area contributed by atoms with Gasteiger partial charge < -0.3 is 10.2 Å². The van der Waals surface area contributed by atoms with Crippen molar-refractivity contribution >= 4 is 0 Å². The van der Waals surface area contributed by atoms with E-state index in [-0.39, 0.29) is 107 Å². The van der Waals surface area contributed by atoms with E-state index in [0.717, 1.165) is 0 Å². The number of hydrogen-bond donors (Lipinski definition) is 2. The molecule has 4 heteroatoms. The van der Waals surface area contributed by atoms with Crippen molar-refractivity contribution in [3.8, 4) is 0 Å². The molecule has 0 heterocycles. The van der Waals surface area contributed by atoms with E-state index in [2.05, 4.69) is 0 Å². The number of rotatable bonds is 1. The first kappa shape index (κ1) is 15.0. The molecule has 1 aliphatic rings. The van der Waals surface area contributed by atoms with E-state index in [1.807, 2.05) is 6.08 Å². The molecule has 0 amide bonds. The van der Waals surface area contributed by atoms with Crippen LogP contribution in [0.2, 0.25) is 0 Å². The maximum Gasteiger partial charge on any atom is 0.0727 e. The fourth-order valence-corrected chi connectivity index (χ4v) is 0.888. The van der Waals surface area contributed by atoms with Gasteiger partial charge in [0.25, 0.3) is 0 Å². The molecule has 2 nitrogen and oxygen atoms in total. The molecule has 10 heavy (non-hydrogen) atoms. The van der Waals surface area contributed by atoms with Gasteiger partial charge in [0.1, 0.15) is 0 Å². The van der Waals surface area contributed by atoms with Crippen molar-refractivity contribution in [3.05, 3.63) is 12.2 Å². The molecule has 2 atom stereocenters. The summed E-state index contributed by atoms with van der Waals surface area (Å²) in [5.74, 6) is 0.199. The molecule has 2 unspecified atom stereocenters. The van der Waals surface area contributed by atoms with Crippen LogP contribution in [0, 0.1) is 94.0 Å². The second kappa shape index (κ2) is 8.16. The predicted molar refractivity (Wildman–Crippen MR) is 30.3 cm³/mol. The van der Waals surface area contributed by atoms with Crippen LogP contribution in [-0.2, 0) is 0 Å². The van der Waals surface area contributed by atoms with Crippen molar-refractivity contribution in [2.24, 2.45) is 5.92 Å². The first-order chi connectivity index (χ1) is 3.83. The summed E-state index contributed by atoms with van der Waals surface area (Å²) in [5, 5.41) is 17.4. The third-order valence-electron chi connectivity index (χ3n) is 1.38. The number of hydrogen-bond acceptors (Lipinski definition) is 2. The van der Waals surface area contributed by atoms with Crippen molar-refractivity contribution in [1.82, 2.24) is 0 Å². The SMILES string of the molecule is OCC1C=CC(O)C1.[Ac].[Ac]. The van der Waals surface area contributed by atoms with Gasteiger partial charge in [0, 0.05) is 101 Å². The van der Waals surface area contributed by atoms with Crippen molar-refractivity contribution in [3.63, 3.8) is 0 Å². The molecular formula is C6H10Ac2O2. The van der Waals surface area contributed by atoms with E-state index in [9.17, 15) is 0 Å². The van der Waals surface area contributed by atoms with Crippen LogP contribution < -0.4 is 0 Å². The molecule has 1 aliphatic carbocycles. The second-order valence-corrected chi connectivity index (χ2v) is 2.13. The normalized spacial score (nSPS) is 29.0. The van der Waals surface area contributed by atoms with Gasteiger partial charge in [-0.3, -0.25) is 0 Å². The molecule has 0 saturated heterocycles. The molecule has 2 radical (unpaired) electrons. The van der Waals surface area contributed by atoms with E-state index >= 15 is 0 Å². The Morgan fingerprint density at radius 1 is 1.30 bits per heavy atom. The monoisotopic (exact) mass is 568 g/mol. The van der Waals surface area contributed by atoms with Crippen LogP contribution in [0.1, 0.15) is 6.42 Å². The third kappa shape index (κ3) is 5.23. The Balaban J connectivity index is 0. The zero-order chi connectivity index (χ0) is 5.98. The summed E-state index contributed by atoms with van der Waals surface area (Å²) in [6.07, 6.45) is 3.95. The Hall–Kier alpha value is 2.54. The first-order valence-electron chi connectivity index (χ1n) is 2.80. The fourth-order valence-electron chi connectivity index (χ4n) is 0.888. The molecule has 0 aromatic heterocycles. The van der Waals surface area contributed by atoms with Gasteiger partial charge in [-0.2, -0.15) is 0 Å². The molecule has 1 rings (SSSR count). The average molecular weight is 568 g/mol. The zero-order valence-corrected chi connectivity index (χ0v) is 15.3. The molecule has 0 aliphatic heterocycles. The Labute approximate surface area is 133 Å². The van der Waals surface area contributed by atoms with Gasteiger partial charge in [0.2, 0.25) is 0 Å². The van der Waals surface area contributed by atoms with Gasteiger partial charge in [0.15, 0.2) is 0 Å². The summed E-state index contributed by atoms with van der Waals surface area (Å²) < 4.78 is 0. The van der Waals surface area contributed by atoms with Crippen molar-refractivity contribution in [2.75, 3.05) is 6.61 Å². The molecule has 0 aromatic carbocycles. The predicted octanol–water partition coefficient (Wildman–Crippen LogP) is -0.0843. The zero-order valence-electron chi connectivity index (χ0n) is 5.77. The van der Waals surface area contributed by atoms with Crippen LogP contribution in [0.25, 0.3) is 0 Å². The minimum absolute atomic E-state index is 0. The topological polar surface area (TPSA) is 40.5 Å². The van der Waals surface area contributed by atoms with Crippen LogP contribution in [0.5, 0.6) is 0 Å². The molecule has 52 valence electrons. The summed E-state index contributed by atoms with van der Waals surface area (Å²) in [4.78, 5) is 0. The van der Waals surface area contributed by atoms with Gasteiger partial charge in [-0.15, -0.1) is 0 Å². The summed E-state index contributed by atoms with van der Waals surface area (Å²) in [6, 6.07) is 0. The second-order valence-electron chi connectivity index (χ2n) is 2.13. The minimum atomic E-state index is -0.313. The van der Waals surface area contributed by atoms with Crippen LogP contribution >= 0.6 is 0 Å². The largest absolute Gasteiger partial charge is 0.396 e. The van der Waals surface area contributed by atoms with Crippen molar-refractivity contribution in [1.29, 1.82) is 0 Å². The summed E-state index contributed by atoms with van der Waals surface area (Å²) in [6.45, 7) is 0.160. The Bertz CT molecular complexity index is 106. The van der Waals surface area contributed by atoms with Crippen LogP contribution in [0.4, 0.5) is 0 Å². The number of aliphatic hydroxyl groups is 2. The van der Waals surface area contributed by atoms with Gasteiger partial charge in [0.05, 0.1) is 6.10 Å². The maximum atomic E-state index is 8.83. The quantitative estimate of drug-likeness (QED) is 0.435. The fraction of sp³-hybridized carbons (Fsp3) is 0.667. The molecule has 0 bridgehead atoms. The third-order valence-corrected chi connectivity index (χ3v) is 1.38. The first-order valence-corrected chi connectivity index (χ1v) is 2.80. The molecule has 0 aromatic rings. The number of aliphatic hydroxyl groups excluding tert-OH is 2. The summed E-state index contributed by atoms with van der Waals surface area (Å²) in [5.41, 5.74) is 0. The van der Waals surface area contributed by atoms with Gasteiger partial charge in [-0.05, 0) is 6.42 Å². The van der Waals surface area contributed by atoms with Crippen LogP contribution in [0.3, 0.4) is 0 Å². The van der Waals surface area contributed by atoms with E-state index in [0.29, 0.717) is 6.42 Å². The Kier molecular flexibility index (Phi) is 12.3. The van der Waals surface area contributed by atoms with Crippen LogP contribution in [-0.4, -0.2) is 22.9 Å². The molecule has 0 spiro atoms. The maximum absolute atomic E-state index is 8.83. The van der Waals surface area contributed by atoms with Crippen LogP contribution in [0.15, 0.2) is 12.2 Å². The Morgan fingerprint density at radius 3 is 2.10 bits per heavy atom.